The maximum atomic E-state index is 5.98. The quantitative estimate of drug-likeness (QED) is 0.575. The zero-order chi connectivity index (χ0) is 17.8. The van der Waals surface area contributed by atoms with Crippen LogP contribution in [0.1, 0.15) is 17.0 Å². The van der Waals surface area contributed by atoms with Gasteiger partial charge in [-0.3, -0.25) is 4.57 Å². The maximum Gasteiger partial charge on any atom is 0.191 e. The van der Waals surface area contributed by atoms with Crippen LogP contribution >= 0.6 is 23.4 Å². The van der Waals surface area contributed by atoms with E-state index in [2.05, 4.69) is 19.9 Å². The molecule has 6 nitrogen and oxygen atoms in total. The van der Waals surface area contributed by atoms with E-state index in [0.29, 0.717) is 18.2 Å². The van der Waals surface area contributed by atoms with Gasteiger partial charge in [0.1, 0.15) is 5.76 Å². The smallest absolute Gasteiger partial charge is 0.191 e. The molecule has 0 unspecified atom stereocenters. The summed E-state index contributed by atoms with van der Waals surface area (Å²) < 4.78 is 12.5. The minimum Gasteiger partial charge on any atom is -0.383 e. The van der Waals surface area contributed by atoms with Gasteiger partial charge < -0.3 is 9.26 Å². The van der Waals surface area contributed by atoms with Gasteiger partial charge in [-0.05, 0) is 38.1 Å². The standard InChI is InChI=1S/C17H19ClN4O2S/c1-11-15(12(2)24-21-11)10-25-17-20-19-16(22(17)8-9-23-3)13-4-6-14(18)7-5-13/h4-7H,8-10H2,1-3H3. The number of rotatable bonds is 7. The number of ether oxygens (including phenoxy) is 1. The molecule has 0 aliphatic heterocycles. The zero-order valence-electron chi connectivity index (χ0n) is 14.3. The van der Waals surface area contributed by atoms with E-state index in [1.165, 1.54) is 0 Å². The summed E-state index contributed by atoms with van der Waals surface area (Å²) in [6.45, 7) is 5.12. The van der Waals surface area contributed by atoms with Crippen LogP contribution in [0.2, 0.25) is 5.02 Å². The van der Waals surface area contributed by atoms with Crippen molar-refractivity contribution < 1.29 is 9.26 Å². The molecule has 8 heteroatoms. The molecule has 3 aromatic rings. The lowest BCUT2D eigenvalue weighted by Crippen LogP contribution is -2.07. The van der Waals surface area contributed by atoms with E-state index in [0.717, 1.165) is 39.3 Å². The molecule has 3 rings (SSSR count). The fourth-order valence-corrected chi connectivity index (χ4v) is 3.68. The second-order valence-corrected chi connectivity index (χ2v) is 6.93. The predicted octanol–water partition coefficient (Wildman–Crippen LogP) is 4.14. The lowest BCUT2D eigenvalue weighted by atomic mass is 10.2. The third kappa shape index (κ3) is 4.05. The first-order valence-electron chi connectivity index (χ1n) is 7.82. The Labute approximate surface area is 155 Å². The van der Waals surface area contributed by atoms with Crippen LogP contribution in [0.25, 0.3) is 11.4 Å². The molecule has 1 aromatic carbocycles. The molecular weight excluding hydrogens is 360 g/mol. The Morgan fingerprint density at radius 1 is 1.20 bits per heavy atom. The Bertz CT molecular complexity index is 825. The topological polar surface area (TPSA) is 66.0 Å². The van der Waals surface area contributed by atoms with Crippen LogP contribution in [-0.4, -0.2) is 33.6 Å². The largest absolute Gasteiger partial charge is 0.383 e. The molecule has 0 amide bonds. The van der Waals surface area contributed by atoms with Crippen LogP contribution in [0.5, 0.6) is 0 Å². The van der Waals surface area contributed by atoms with E-state index in [9.17, 15) is 0 Å². The molecule has 0 aliphatic carbocycles. The number of benzene rings is 1. The first-order chi connectivity index (χ1) is 12.1. The zero-order valence-corrected chi connectivity index (χ0v) is 15.9. The van der Waals surface area contributed by atoms with Crippen molar-refractivity contribution in [2.75, 3.05) is 13.7 Å². The molecule has 0 saturated heterocycles. The van der Waals surface area contributed by atoms with Crippen molar-refractivity contribution in [1.82, 2.24) is 19.9 Å². The van der Waals surface area contributed by atoms with Crippen molar-refractivity contribution in [3.63, 3.8) is 0 Å². The summed E-state index contributed by atoms with van der Waals surface area (Å²) >= 11 is 7.59. The summed E-state index contributed by atoms with van der Waals surface area (Å²) in [6, 6.07) is 7.59. The Kier molecular flexibility index (Phi) is 5.78. The molecule has 25 heavy (non-hydrogen) atoms. The van der Waals surface area contributed by atoms with E-state index in [1.54, 1.807) is 18.9 Å². The van der Waals surface area contributed by atoms with Crippen molar-refractivity contribution in [1.29, 1.82) is 0 Å². The first kappa shape index (κ1) is 18.0. The lowest BCUT2D eigenvalue weighted by molar-refractivity contribution is 0.185. The number of hydrogen-bond acceptors (Lipinski definition) is 6. The summed E-state index contributed by atoms with van der Waals surface area (Å²) in [6.07, 6.45) is 0. The van der Waals surface area contributed by atoms with Crippen molar-refractivity contribution in [2.24, 2.45) is 0 Å². The Hall–Kier alpha value is -1.83. The van der Waals surface area contributed by atoms with Gasteiger partial charge >= 0.3 is 0 Å². The van der Waals surface area contributed by atoms with Gasteiger partial charge in [-0.1, -0.05) is 28.5 Å². The van der Waals surface area contributed by atoms with Crippen LogP contribution in [0.3, 0.4) is 0 Å². The van der Waals surface area contributed by atoms with Crippen molar-refractivity contribution >= 4 is 23.4 Å². The Morgan fingerprint density at radius 2 is 1.96 bits per heavy atom. The maximum absolute atomic E-state index is 5.98. The van der Waals surface area contributed by atoms with Gasteiger partial charge in [-0.15, -0.1) is 10.2 Å². The highest BCUT2D eigenvalue weighted by Gasteiger charge is 2.16. The summed E-state index contributed by atoms with van der Waals surface area (Å²) in [5, 5.41) is 14.3. The van der Waals surface area contributed by atoms with Crippen molar-refractivity contribution in [2.45, 2.75) is 31.3 Å². The van der Waals surface area contributed by atoms with Crippen LogP contribution in [0.15, 0.2) is 33.9 Å². The third-order valence-electron chi connectivity index (χ3n) is 3.87. The SMILES string of the molecule is COCCn1c(SCc2c(C)noc2C)nnc1-c1ccc(Cl)cc1. The second kappa shape index (κ2) is 8.03. The Morgan fingerprint density at radius 3 is 2.60 bits per heavy atom. The van der Waals surface area contributed by atoms with Gasteiger partial charge in [-0.25, -0.2) is 0 Å². The number of nitrogens with zero attached hydrogens (tertiary/aromatic N) is 4. The fourth-order valence-electron chi connectivity index (χ4n) is 2.44. The highest BCUT2D eigenvalue weighted by molar-refractivity contribution is 7.98. The summed E-state index contributed by atoms with van der Waals surface area (Å²) in [7, 11) is 1.68. The number of halogens is 1. The molecule has 0 bridgehead atoms. The van der Waals surface area contributed by atoms with Crippen molar-refractivity contribution in [3.8, 4) is 11.4 Å². The normalized spacial score (nSPS) is 11.2. The van der Waals surface area contributed by atoms with E-state index in [4.69, 9.17) is 20.9 Å². The first-order valence-corrected chi connectivity index (χ1v) is 9.19. The Balaban J connectivity index is 1.87. The average Bonchev–Trinajstić information content (AvgIpc) is 3.15. The van der Waals surface area contributed by atoms with Gasteiger partial charge in [0, 0.05) is 29.0 Å². The van der Waals surface area contributed by atoms with Gasteiger partial charge in [0.2, 0.25) is 0 Å². The van der Waals surface area contributed by atoms with Gasteiger partial charge in [0.05, 0.1) is 18.8 Å². The van der Waals surface area contributed by atoms with Crippen LogP contribution in [0.4, 0.5) is 0 Å². The molecule has 0 atom stereocenters. The minimum absolute atomic E-state index is 0.581. The van der Waals surface area contributed by atoms with Gasteiger partial charge in [0.15, 0.2) is 11.0 Å². The highest BCUT2D eigenvalue weighted by Crippen LogP contribution is 2.28. The molecule has 0 aliphatic rings. The third-order valence-corrected chi connectivity index (χ3v) is 5.11. The summed E-state index contributed by atoms with van der Waals surface area (Å²) in [5.74, 6) is 2.37. The molecular formula is C17H19ClN4O2S. The highest BCUT2D eigenvalue weighted by atomic mass is 35.5. The van der Waals surface area contributed by atoms with E-state index < -0.39 is 0 Å². The van der Waals surface area contributed by atoms with E-state index in [-0.39, 0.29) is 0 Å². The molecule has 0 N–H and O–H groups in total. The average molecular weight is 379 g/mol. The molecule has 0 fully saturated rings. The molecule has 0 saturated carbocycles. The molecule has 132 valence electrons. The summed E-state index contributed by atoms with van der Waals surface area (Å²) in [5.41, 5.74) is 2.97. The summed E-state index contributed by atoms with van der Waals surface area (Å²) in [4.78, 5) is 0. The predicted molar refractivity (Wildman–Crippen MR) is 97.9 cm³/mol. The molecule has 2 heterocycles. The second-order valence-electron chi connectivity index (χ2n) is 5.55. The molecule has 2 aromatic heterocycles. The number of methoxy groups -OCH3 is 1. The number of aryl methyl sites for hydroxylation is 2. The van der Waals surface area contributed by atoms with E-state index in [1.807, 2.05) is 38.1 Å². The van der Waals surface area contributed by atoms with Gasteiger partial charge in [0.25, 0.3) is 0 Å². The van der Waals surface area contributed by atoms with Gasteiger partial charge in [-0.2, -0.15) is 0 Å². The van der Waals surface area contributed by atoms with Crippen molar-refractivity contribution in [3.05, 3.63) is 46.3 Å². The monoisotopic (exact) mass is 378 g/mol. The van der Waals surface area contributed by atoms with E-state index >= 15 is 0 Å². The van der Waals surface area contributed by atoms with Crippen LogP contribution in [-0.2, 0) is 17.0 Å². The minimum atomic E-state index is 0.581. The fraction of sp³-hybridized carbons (Fsp3) is 0.353. The molecule has 0 spiro atoms. The van der Waals surface area contributed by atoms with Crippen LogP contribution < -0.4 is 0 Å². The number of thioether (sulfide) groups is 1. The number of aromatic nitrogens is 4. The molecule has 0 radical (unpaired) electrons. The lowest BCUT2D eigenvalue weighted by Gasteiger charge is -2.09. The number of hydrogen-bond donors (Lipinski definition) is 0. The van der Waals surface area contributed by atoms with Crippen LogP contribution in [0, 0.1) is 13.8 Å².